The van der Waals surface area contributed by atoms with Gasteiger partial charge in [0.1, 0.15) is 17.9 Å². The molecule has 216 valence electrons. The summed E-state index contributed by atoms with van der Waals surface area (Å²) < 4.78 is 24.7. The van der Waals surface area contributed by atoms with Gasteiger partial charge in [-0.25, -0.2) is 4.98 Å². The topological polar surface area (TPSA) is 88.1 Å². The number of furan rings is 1. The fourth-order valence-corrected chi connectivity index (χ4v) is 4.94. The molecule has 0 radical (unpaired) electrons. The molecule has 0 N–H and O–H groups in total. The maximum atomic E-state index is 13.7. The first-order valence-corrected chi connectivity index (χ1v) is 14.2. The van der Waals surface area contributed by atoms with Gasteiger partial charge in [0, 0.05) is 0 Å². The quantitative estimate of drug-likeness (QED) is 0.154. The third-order valence-corrected chi connectivity index (χ3v) is 7.42. The highest BCUT2D eigenvalue weighted by Crippen LogP contribution is 2.33. The molecule has 8 nitrogen and oxygen atoms in total. The Kier molecular flexibility index (Phi) is 8.05. The van der Waals surface area contributed by atoms with Gasteiger partial charge in [0.15, 0.2) is 17.3 Å². The molecule has 10 heteroatoms. The predicted octanol–water partition coefficient (Wildman–Crippen LogP) is 7.99. The van der Waals surface area contributed by atoms with Crippen molar-refractivity contribution >= 4 is 51.3 Å². The van der Waals surface area contributed by atoms with Gasteiger partial charge in [0.25, 0.3) is 5.56 Å². The van der Waals surface area contributed by atoms with E-state index in [4.69, 9.17) is 46.8 Å². The van der Waals surface area contributed by atoms with Crippen LogP contribution < -0.4 is 19.8 Å². The molecule has 6 rings (SSSR count). The lowest BCUT2D eigenvalue weighted by atomic mass is 10.2. The molecular weight excluding hydrogens is 589 g/mol. The molecule has 0 atom stereocenters. The van der Waals surface area contributed by atoms with Gasteiger partial charge in [-0.15, -0.1) is 0 Å². The van der Waals surface area contributed by atoms with Crippen molar-refractivity contribution in [2.45, 2.75) is 13.5 Å². The molecule has 0 saturated heterocycles. The van der Waals surface area contributed by atoms with Crippen molar-refractivity contribution in [2.24, 2.45) is 5.10 Å². The Morgan fingerprint density at radius 2 is 1.74 bits per heavy atom. The molecule has 0 amide bonds. The van der Waals surface area contributed by atoms with Gasteiger partial charge in [-0.2, -0.15) is 9.78 Å². The summed E-state index contributed by atoms with van der Waals surface area (Å²) in [7, 11) is 1.59. The van der Waals surface area contributed by atoms with Gasteiger partial charge >= 0.3 is 0 Å². The molecule has 0 saturated carbocycles. The Morgan fingerprint density at radius 1 is 0.884 bits per heavy atom. The zero-order chi connectivity index (χ0) is 29.9. The minimum atomic E-state index is -0.337. The van der Waals surface area contributed by atoms with Crippen LogP contribution in [0.5, 0.6) is 17.2 Å². The zero-order valence-electron chi connectivity index (χ0n) is 23.2. The third kappa shape index (κ3) is 5.80. The molecular formula is C33H25Cl2N3O5. The zero-order valence-corrected chi connectivity index (χ0v) is 24.7. The van der Waals surface area contributed by atoms with Gasteiger partial charge < -0.3 is 18.6 Å². The summed E-state index contributed by atoms with van der Waals surface area (Å²) in [5, 5.41) is 6.69. The molecule has 0 aliphatic carbocycles. The number of hydrogen-bond acceptors (Lipinski definition) is 7. The SMILES string of the molecule is CCOc1cc(C=Nn2c(-c3cc4c(OC)cccc4o3)nc3ccccc3c2=O)ccc1OCc1ccc(Cl)c(Cl)c1. The standard InChI is InChI=1S/C33H25Cl2N3O5/c1-3-41-30-16-20(12-14-29(30)42-19-21-11-13-24(34)25(35)15-21)18-36-38-32(37-26-8-5-4-7-22(26)33(38)39)31-17-23-27(40-2)9-6-10-28(23)43-31/h4-18H,3,19H2,1-2H3. The fourth-order valence-electron chi connectivity index (χ4n) is 4.62. The fraction of sp³-hybridized carbons (Fsp3) is 0.121. The van der Waals surface area contributed by atoms with Gasteiger partial charge in [-0.1, -0.05) is 47.5 Å². The van der Waals surface area contributed by atoms with Crippen LogP contribution in [0.4, 0.5) is 0 Å². The number of aromatic nitrogens is 2. The number of halogens is 2. The number of hydrogen-bond donors (Lipinski definition) is 0. The summed E-state index contributed by atoms with van der Waals surface area (Å²) in [5.74, 6) is 2.35. The summed E-state index contributed by atoms with van der Waals surface area (Å²) in [5.41, 5.74) is 2.34. The van der Waals surface area contributed by atoms with E-state index in [1.54, 1.807) is 61.9 Å². The average molecular weight is 614 g/mol. The smallest absolute Gasteiger partial charge is 0.282 e. The molecule has 43 heavy (non-hydrogen) atoms. The van der Waals surface area contributed by atoms with Crippen LogP contribution in [-0.2, 0) is 6.61 Å². The number of rotatable bonds is 9. The van der Waals surface area contributed by atoms with Crippen LogP contribution in [0.25, 0.3) is 33.5 Å². The second-order valence-electron chi connectivity index (χ2n) is 9.47. The average Bonchev–Trinajstić information content (AvgIpc) is 3.46. The van der Waals surface area contributed by atoms with Gasteiger partial charge in [-0.05, 0) is 78.7 Å². The Bertz CT molecular complexity index is 2050. The van der Waals surface area contributed by atoms with E-state index in [0.29, 0.717) is 61.7 Å². The first-order valence-electron chi connectivity index (χ1n) is 13.4. The minimum Gasteiger partial charge on any atom is -0.496 e. The van der Waals surface area contributed by atoms with E-state index >= 15 is 0 Å². The number of nitrogens with zero attached hydrogens (tertiary/aromatic N) is 3. The van der Waals surface area contributed by atoms with E-state index in [0.717, 1.165) is 10.9 Å². The highest BCUT2D eigenvalue weighted by molar-refractivity contribution is 6.42. The van der Waals surface area contributed by atoms with Gasteiger partial charge in [-0.3, -0.25) is 4.79 Å². The van der Waals surface area contributed by atoms with Crippen molar-refractivity contribution in [3.8, 4) is 28.8 Å². The van der Waals surface area contributed by atoms with Gasteiger partial charge in [0.05, 0.1) is 46.3 Å². The molecule has 0 aliphatic rings. The Labute approximate surface area is 256 Å². The van der Waals surface area contributed by atoms with Crippen molar-refractivity contribution in [2.75, 3.05) is 13.7 Å². The highest BCUT2D eigenvalue weighted by Gasteiger charge is 2.18. The highest BCUT2D eigenvalue weighted by atomic mass is 35.5. The van der Waals surface area contributed by atoms with E-state index < -0.39 is 0 Å². The lowest BCUT2D eigenvalue weighted by Gasteiger charge is -2.13. The first-order chi connectivity index (χ1) is 20.9. The van der Waals surface area contributed by atoms with Crippen LogP contribution in [-0.4, -0.2) is 29.6 Å². The predicted molar refractivity (Wildman–Crippen MR) is 169 cm³/mol. The molecule has 4 aromatic carbocycles. The first kappa shape index (κ1) is 28.3. The number of para-hydroxylation sites is 1. The molecule has 0 aliphatic heterocycles. The van der Waals surface area contributed by atoms with Crippen LogP contribution in [0, 0.1) is 0 Å². The molecule has 0 unspecified atom stereocenters. The van der Waals surface area contributed by atoms with Crippen molar-refractivity contribution in [1.29, 1.82) is 0 Å². The monoisotopic (exact) mass is 613 g/mol. The van der Waals surface area contributed by atoms with E-state index in [2.05, 4.69) is 5.10 Å². The van der Waals surface area contributed by atoms with E-state index in [-0.39, 0.29) is 18.0 Å². The van der Waals surface area contributed by atoms with Crippen molar-refractivity contribution < 1.29 is 18.6 Å². The lowest BCUT2D eigenvalue weighted by Crippen LogP contribution is -2.20. The molecule has 2 aromatic heterocycles. The Morgan fingerprint density at radius 3 is 2.56 bits per heavy atom. The Hall–Kier alpha value is -4.79. The van der Waals surface area contributed by atoms with Crippen LogP contribution in [0.2, 0.25) is 10.0 Å². The van der Waals surface area contributed by atoms with Crippen LogP contribution >= 0.6 is 23.2 Å². The maximum Gasteiger partial charge on any atom is 0.282 e. The molecule has 0 bridgehead atoms. The minimum absolute atomic E-state index is 0.254. The number of ether oxygens (including phenoxy) is 3. The molecule has 0 spiro atoms. The summed E-state index contributed by atoms with van der Waals surface area (Å²) in [6, 6.07) is 25.2. The van der Waals surface area contributed by atoms with Crippen molar-refractivity contribution in [3.63, 3.8) is 0 Å². The van der Waals surface area contributed by atoms with Crippen LogP contribution in [0.3, 0.4) is 0 Å². The van der Waals surface area contributed by atoms with Crippen LogP contribution in [0.1, 0.15) is 18.1 Å². The molecule has 6 aromatic rings. The largest absolute Gasteiger partial charge is 0.496 e. The Balaban J connectivity index is 1.37. The van der Waals surface area contributed by atoms with Crippen molar-refractivity contribution in [1.82, 2.24) is 9.66 Å². The summed E-state index contributed by atoms with van der Waals surface area (Å²) in [6.07, 6.45) is 1.57. The van der Waals surface area contributed by atoms with Crippen LogP contribution in [0.15, 0.2) is 99.2 Å². The molecule has 0 fully saturated rings. The maximum absolute atomic E-state index is 13.7. The van der Waals surface area contributed by atoms with Gasteiger partial charge in [0.2, 0.25) is 5.82 Å². The number of fused-ring (bicyclic) bond motifs is 2. The van der Waals surface area contributed by atoms with E-state index in [1.165, 1.54) is 4.68 Å². The molecule has 2 heterocycles. The second kappa shape index (κ2) is 12.2. The summed E-state index contributed by atoms with van der Waals surface area (Å²) in [6.45, 7) is 2.59. The third-order valence-electron chi connectivity index (χ3n) is 6.68. The second-order valence-corrected chi connectivity index (χ2v) is 10.3. The van der Waals surface area contributed by atoms with E-state index in [1.807, 2.05) is 43.3 Å². The number of methoxy groups -OCH3 is 1. The van der Waals surface area contributed by atoms with E-state index in [9.17, 15) is 4.79 Å². The summed E-state index contributed by atoms with van der Waals surface area (Å²) in [4.78, 5) is 18.4. The number of benzene rings is 4. The summed E-state index contributed by atoms with van der Waals surface area (Å²) >= 11 is 12.2. The lowest BCUT2D eigenvalue weighted by molar-refractivity contribution is 0.269. The van der Waals surface area contributed by atoms with Crippen molar-refractivity contribution in [3.05, 3.63) is 116 Å². The normalized spacial score (nSPS) is 11.4.